The lowest BCUT2D eigenvalue weighted by molar-refractivity contribution is -0.115. The van der Waals surface area contributed by atoms with Crippen LogP contribution in [0.25, 0.3) is 10.6 Å². The lowest BCUT2D eigenvalue weighted by Gasteiger charge is -2.23. The number of thiazole rings is 1. The Kier molecular flexibility index (Phi) is 13.1. The summed E-state index contributed by atoms with van der Waals surface area (Å²) in [4.78, 5) is 33.2. The molecule has 53 heavy (non-hydrogen) atoms. The number of carbonyl (C=O) groups excluding carboxylic acids is 2. The number of benzene rings is 3. The second-order valence-corrected chi connectivity index (χ2v) is 14.1. The quantitative estimate of drug-likeness (QED) is 0.0761. The van der Waals surface area contributed by atoms with Gasteiger partial charge in [-0.25, -0.2) is 13.8 Å². The van der Waals surface area contributed by atoms with Crippen molar-refractivity contribution in [2.24, 2.45) is 0 Å². The Morgan fingerprint density at radius 3 is 2.53 bits per heavy atom. The van der Waals surface area contributed by atoms with Crippen molar-refractivity contribution >= 4 is 38.1 Å². The Balaban J connectivity index is 1.25. The number of alkyl halides is 2. The Hall–Kier alpha value is -5.44. The van der Waals surface area contributed by atoms with Gasteiger partial charge in [0.1, 0.15) is 22.3 Å². The number of nitrogens with zero attached hydrogens (tertiary/aromatic N) is 2. The number of aryl methyl sites for hydroxylation is 1. The van der Waals surface area contributed by atoms with E-state index in [2.05, 4.69) is 11.9 Å². The first-order valence-electron chi connectivity index (χ1n) is 16.8. The molecule has 0 bridgehead atoms. The van der Waals surface area contributed by atoms with E-state index in [9.17, 15) is 23.5 Å². The highest BCUT2D eigenvalue weighted by Crippen LogP contribution is 2.31. The molecule has 1 aliphatic rings. The molecule has 0 radical (unpaired) electrons. The molecule has 2 N–H and O–H groups in total. The smallest absolute Gasteiger partial charge is 0.262 e. The molecule has 0 fully saturated rings. The molecule has 1 unspecified atom stereocenters. The van der Waals surface area contributed by atoms with Crippen LogP contribution in [0.5, 0.6) is 11.5 Å². The van der Waals surface area contributed by atoms with E-state index in [4.69, 9.17) is 9.72 Å². The minimum atomic E-state index is -2.95. The first kappa shape index (κ1) is 38.8. The molecule has 2 amide bonds. The second-order valence-electron chi connectivity index (χ2n) is 12.4. The van der Waals surface area contributed by atoms with Gasteiger partial charge in [0.05, 0.1) is 12.2 Å². The summed E-state index contributed by atoms with van der Waals surface area (Å²) in [5.74, 6) is 0.965. The number of rotatable bonds is 14. The zero-order valence-electron chi connectivity index (χ0n) is 29.4. The minimum absolute atomic E-state index is 0.0875. The Morgan fingerprint density at radius 1 is 1.08 bits per heavy atom. The number of amides is 2. The predicted molar refractivity (Wildman–Crippen MR) is 212 cm³/mol. The minimum Gasteiger partial charge on any atom is -0.508 e. The molecule has 1 atom stereocenters. The number of aromatic hydroxyl groups is 1. The zero-order valence-corrected chi connectivity index (χ0v) is 31.4. The van der Waals surface area contributed by atoms with Crippen molar-refractivity contribution in [3.63, 3.8) is 0 Å². The van der Waals surface area contributed by atoms with Gasteiger partial charge in [0, 0.05) is 40.7 Å². The van der Waals surface area contributed by atoms with Crippen molar-refractivity contribution in [2.75, 3.05) is 11.4 Å². The molecule has 0 saturated heterocycles. The third-order valence-corrected chi connectivity index (χ3v) is 9.27. The number of hydrogen-bond acceptors (Lipinski definition) is 6. The topological polar surface area (TPSA) is 91.8 Å². The molecule has 0 saturated carbocycles. The first-order chi connectivity index (χ1) is 25.4. The second kappa shape index (κ2) is 17.9. The Morgan fingerprint density at radius 2 is 1.83 bits per heavy atom. The number of nitrogens with one attached hydrogen (secondary N) is 1. The Labute approximate surface area is 314 Å². The molecule has 272 valence electrons. The summed E-state index contributed by atoms with van der Waals surface area (Å²) >= 11 is 1.40. The van der Waals surface area contributed by atoms with E-state index in [-0.39, 0.29) is 23.8 Å². The molecule has 1 aromatic heterocycles. The van der Waals surface area contributed by atoms with E-state index in [0.29, 0.717) is 46.1 Å². The molecule has 0 aliphatic heterocycles. The van der Waals surface area contributed by atoms with Gasteiger partial charge < -0.3 is 20.1 Å². The summed E-state index contributed by atoms with van der Waals surface area (Å²) in [6.45, 7) is 7.53. The fraction of sp³-hybridized carbons (Fsp3) is 0.167. The molecule has 1 heterocycles. The highest BCUT2D eigenvalue weighted by atomic mass is 32.1. The molecule has 7 nitrogen and oxygen atoms in total. The Bertz CT molecular complexity index is 2110. The van der Waals surface area contributed by atoms with Crippen LogP contribution in [0.4, 0.5) is 14.5 Å². The molecule has 0 spiro atoms. The van der Waals surface area contributed by atoms with Crippen molar-refractivity contribution in [2.45, 2.75) is 38.9 Å². The number of halogens is 2. The highest BCUT2D eigenvalue weighted by Gasteiger charge is 2.23. The highest BCUT2D eigenvalue weighted by molar-refractivity contribution is 7.18. The van der Waals surface area contributed by atoms with Crippen LogP contribution in [-0.4, -0.2) is 34.1 Å². The van der Waals surface area contributed by atoms with Gasteiger partial charge in [0.25, 0.3) is 17.5 Å². The van der Waals surface area contributed by atoms with E-state index in [1.165, 1.54) is 49.8 Å². The van der Waals surface area contributed by atoms with E-state index in [1.807, 2.05) is 72.1 Å². The van der Waals surface area contributed by atoms with Crippen molar-refractivity contribution in [3.8, 4) is 22.1 Å². The average molecular weight is 752 g/mol. The van der Waals surface area contributed by atoms with E-state index in [1.54, 1.807) is 38.1 Å². The number of para-hydroxylation sites is 1. The maximum absolute atomic E-state index is 13.9. The van der Waals surface area contributed by atoms with Gasteiger partial charge in [-0.2, -0.15) is 0 Å². The number of phenolic OH excluding ortho intramolecular Hbond substituents is 1. The summed E-state index contributed by atoms with van der Waals surface area (Å²) < 4.78 is 32.9. The van der Waals surface area contributed by atoms with Crippen LogP contribution in [0.2, 0.25) is 0 Å². The van der Waals surface area contributed by atoms with E-state index < -0.39 is 18.0 Å². The van der Waals surface area contributed by atoms with Crippen LogP contribution in [0.15, 0.2) is 150 Å². The number of ether oxygens (including phenoxy) is 1. The first-order valence-corrected chi connectivity index (χ1v) is 18.3. The maximum Gasteiger partial charge on any atom is 0.262 e. The van der Waals surface area contributed by atoms with Crippen LogP contribution in [0, 0.1) is 6.92 Å². The van der Waals surface area contributed by atoms with Crippen molar-refractivity contribution in [3.05, 3.63) is 167 Å². The summed E-state index contributed by atoms with van der Waals surface area (Å²) in [5, 5.41) is 15.7. The largest absolute Gasteiger partial charge is 0.508 e. The normalized spacial score (nSPS) is 13.5. The van der Waals surface area contributed by atoms with E-state index >= 15 is 0 Å². The van der Waals surface area contributed by atoms with Crippen molar-refractivity contribution in [1.29, 1.82) is 0 Å². The summed E-state index contributed by atoms with van der Waals surface area (Å²) in [7, 11) is 1.52. The van der Waals surface area contributed by atoms with Gasteiger partial charge in [-0.1, -0.05) is 76.0 Å². The van der Waals surface area contributed by atoms with Gasteiger partial charge >= 0.3 is 0 Å². The van der Waals surface area contributed by atoms with Crippen LogP contribution >= 0.6 is 20.6 Å². The lowest BCUT2D eigenvalue weighted by atomic mass is 10.1. The summed E-state index contributed by atoms with van der Waals surface area (Å²) in [5.41, 5.74) is 1.63. The number of allylic oxidation sites excluding steroid dienone is 6. The van der Waals surface area contributed by atoms with Crippen LogP contribution in [0.3, 0.4) is 0 Å². The van der Waals surface area contributed by atoms with Gasteiger partial charge in [-0.15, -0.1) is 11.3 Å². The van der Waals surface area contributed by atoms with Gasteiger partial charge in [0.2, 0.25) is 0 Å². The number of phenols is 1. The molecular weight excluding hydrogens is 712 g/mol. The van der Waals surface area contributed by atoms with Gasteiger partial charge in [-0.05, 0) is 92.1 Å². The standard InChI is InChI=1S/C42H40F2N3O4PS/c1-4-31(15-13-28(2)24-42(43,44)52)41(50)47(35-20-22-38(48)29(3)23-35)26-34-27-53-40(46-34)33-18-16-32(17-19-33)39(49)45-25-30-9-8-12-37(21-14-30)51-36-10-6-5-7-11-36/h4-7,9-23,27,48H,1,8,24-26,52H2,2-3H3,(H,45,49)/b28-13+,31-15+. The lowest BCUT2D eigenvalue weighted by Crippen LogP contribution is -2.31. The van der Waals surface area contributed by atoms with Gasteiger partial charge in [-0.3, -0.25) is 9.59 Å². The molecule has 4 aromatic rings. The molecule has 3 aromatic carbocycles. The van der Waals surface area contributed by atoms with Crippen LogP contribution < -0.4 is 15.0 Å². The maximum atomic E-state index is 13.9. The zero-order chi connectivity index (χ0) is 38.0. The SMILES string of the molecule is C=C/C(=C\C=C(/C)CC(F)(F)P)C(=O)N(Cc1csc(-c2ccc(C(=O)NCC3=CCC=C(Oc4ccccc4)C=C3)cc2)n1)c1ccc(O)c(C)c1. The monoisotopic (exact) mass is 751 g/mol. The number of hydrogen-bond donors (Lipinski definition) is 2. The number of anilines is 1. The van der Waals surface area contributed by atoms with Crippen LogP contribution in [0.1, 0.15) is 41.4 Å². The molecular formula is C42H40F2N3O4PS. The summed E-state index contributed by atoms with van der Waals surface area (Å²) in [6, 6.07) is 21.5. The fourth-order valence-electron chi connectivity index (χ4n) is 5.34. The third-order valence-electron chi connectivity index (χ3n) is 8.12. The summed E-state index contributed by atoms with van der Waals surface area (Å²) in [6.07, 6.45) is 12.4. The average Bonchev–Trinajstić information content (AvgIpc) is 3.49. The molecule has 5 rings (SSSR count). The van der Waals surface area contributed by atoms with Crippen LogP contribution in [-0.2, 0) is 11.3 Å². The molecule has 11 heteroatoms. The van der Waals surface area contributed by atoms with Crippen molar-refractivity contribution < 1.29 is 28.2 Å². The fourth-order valence-corrected chi connectivity index (χ4v) is 6.48. The molecule has 1 aliphatic carbocycles. The predicted octanol–water partition coefficient (Wildman–Crippen LogP) is 9.85. The van der Waals surface area contributed by atoms with Gasteiger partial charge in [0.15, 0.2) is 0 Å². The number of carbonyl (C=O) groups is 2. The van der Waals surface area contributed by atoms with E-state index in [0.717, 1.165) is 22.6 Å². The third kappa shape index (κ3) is 11.3. The number of aromatic nitrogens is 1. The van der Waals surface area contributed by atoms with Crippen molar-refractivity contribution in [1.82, 2.24) is 10.3 Å².